The molecular weight excluding hydrogens is 600 g/mol. The van der Waals surface area contributed by atoms with Gasteiger partial charge in [0.05, 0.1) is 50.1 Å². The van der Waals surface area contributed by atoms with E-state index in [4.69, 9.17) is 23.4 Å². The summed E-state index contributed by atoms with van der Waals surface area (Å²) in [5, 5.41) is 34.1. The van der Waals surface area contributed by atoms with E-state index in [1.54, 1.807) is 40.7 Å². The molecule has 0 spiro atoms. The average Bonchev–Trinajstić information content (AvgIpc) is 3.76. The first-order valence-corrected chi connectivity index (χ1v) is 16.0. The molecule has 4 aliphatic rings. The van der Waals surface area contributed by atoms with Crippen LogP contribution in [0.15, 0.2) is 35.2 Å². The zero-order chi connectivity index (χ0) is 34.0. The van der Waals surface area contributed by atoms with Crippen molar-refractivity contribution in [1.29, 1.82) is 0 Å². The van der Waals surface area contributed by atoms with Gasteiger partial charge in [0.25, 0.3) is 0 Å². The number of aliphatic hydroxyl groups excluding tert-OH is 2. The van der Waals surface area contributed by atoms with E-state index in [0.29, 0.717) is 12.0 Å². The number of furan rings is 1. The Morgan fingerprint density at radius 1 is 1.17 bits per heavy atom. The molecule has 3 heterocycles. The Morgan fingerprint density at radius 3 is 2.46 bits per heavy atom. The van der Waals surface area contributed by atoms with Crippen LogP contribution in [0.1, 0.15) is 78.7 Å². The molecule has 46 heavy (non-hydrogen) atoms. The molecule has 12 heteroatoms. The summed E-state index contributed by atoms with van der Waals surface area (Å²) in [6, 6.07) is 1.67. The number of fused-ring (bicyclic) bond motifs is 2. The molecule has 0 amide bonds. The third-order valence-corrected chi connectivity index (χ3v) is 11.8. The van der Waals surface area contributed by atoms with E-state index in [9.17, 15) is 34.5 Å². The summed E-state index contributed by atoms with van der Waals surface area (Å²) in [5.41, 5.74) is -5.81. The van der Waals surface area contributed by atoms with Crippen LogP contribution in [0.25, 0.3) is 0 Å². The molecule has 2 saturated carbocycles. The van der Waals surface area contributed by atoms with E-state index < -0.39 is 100 Å². The Labute approximate surface area is 268 Å². The minimum Gasteiger partial charge on any atom is -0.472 e. The maximum Gasteiger partial charge on any atom is 0.335 e. The fourth-order valence-corrected chi connectivity index (χ4v) is 9.02. The molecule has 5 rings (SSSR count). The lowest BCUT2D eigenvalue weighted by Crippen LogP contribution is -2.68. The van der Waals surface area contributed by atoms with Crippen molar-refractivity contribution in [2.24, 2.45) is 28.6 Å². The van der Waals surface area contributed by atoms with Crippen LogP contribution in [0.3, 0.4) is 0 Å². The highest BCUT2D eigenvalue weighted by Gasteiger charge is 2.79. The van der Waals surface area contributed by atoms with Gasteiger partial charge in [0.15, 0.2) is 17.5 Å². The number of esters is 3. The first kappa shape index (κ1) is 34.3. The second-order valence-corrected chi connectivity index (χ2v) is 14.1. The summed E-state index contributed by atoms with van der Waals surface area (Å²) in [4.78, 5) is 53.6. The first-order chi connectivity index (χ1) is 21.6. The number of aliphatic hydroxyl groups is 3. The van der Waals surface area contributed by atoms with Gasteiger partial charge in [-0.15, -0.1) is 0 Å². The highest BCUT2D eigenvalue weighted by atomic mass is 16.6. The number of cyclic esters (lactones) is 1. The number of Topliss-reactive ketones (excluding diaryl/α,β-unsaturated/α-hetero) is 1. The molecule has 3 N–H and O–H groups in total. The summed E-state index contributed by atoms with van der Waals surface area (Å²) in [7, 11) is 0. The molecule has 2 saturated heterocycles. The molecule has 254 valence electrons. The third kappa shape index (κ3) is 4.70. The van der Waals surface area contributed by atoms with Crippen LogP contribution >= 0.6 is 0 Å². The molecule has 12 nitrogen and oxygen atoms in total. The molecule has 12 atom stereocenters. The maximum absolute atomic E-state index is 14.1. The van der Waals surface area contributed by atoms with Gasteiger partial charge in [-0.2, -0.15) is 0 Å². The summed E-state index contributed by atoms with van der Waals surface area (Å²) in [6.07, 6.45) is -2.10. The predicted octanol–water partition coefficient (Wildman–Crippen LogP) is 2.62. The van der Waals surface area contributed by atoms with E-state index in [1.165, 1.54) is 12.5 Å². The molecule has 0 bridgehead atoms. The highest BCUT2D eigenvalue weighted by Crippen LogP contribution is 2.70. The van der Waals surface area contributed by atoms with Gasteiger partial charge < -0.3 is 38.7 Å². The summed E-state index contributed by atoms with van der Waals surface area (Å²) in [5.74, 6) is -5.56. The van der Waals surface area contributed by atoms with Crippen LogP contribution in [0, 0.1) is 28.6 Å². The fraction of sp³-hybridized carbons (Fsp3) is 0.706. The lowest BCUT2D eigenvalue weighted by atomic mass is 9.48. The van der Waals surface area contributed by atoms with Gasteiger partial charge in [0, 0.05) is 29.6 Å². The van der Waals surface area contributed by atoms with Crippen molar-refractivity contribution >= 4 is 23.7 Å². The molecule has 1 aromatic heterocycles. The normalized spacial score (nSPS) is 41.5. The maximum atomic E-state index is 14.1. The van der Waals surface area contributed by atoms with Crippen molar-refractivity contribution < 1.29 is 57.9 Å². The van der Waals surface area contributed by atoms with Gasteiger partial charge in [-0.1, -0.05) is 40.7 Å². The standard InChI is InChI=1S/C34H46O12/c1-8-17(3)27(39)30(40)45-29-28-26(18(4)34(41)22(36)12-20(33(29,34)7)19-10-11-42-15-19)32(6,23(44-28)14-24(37)43-9-2)21-13-25(38)46-31(21,5)16-35/h10-11,15,17,20-21,23,26-29,35,39,41H,4,8-9,12-14,16H2,1-3,5-7H3. The Morgan fingerprint density at radius 2 is 1.87 bits per heavy atom. The van der Waals surface area contributed by atoms with Crippen molar-refractivity contribution in [3.8, 4) is 0 Å². The highest BCUT2D eigenvalue weighted by molar-refractivity contribution is 5.96. The van der Waals surface area contributed by atoms with Crippen LogP contribution in [0.5, 0.6) is 0 Å². The summed E-state index contributed by atoms with van der Waals surface area (Å²) < 4.78 is 29.2. The number of hydrogen-bond donors (Lipinski definition) is 3. The minimum absolute atomic E-state index is 0.0965. The third-order valence-electron chi connectivity index (χ3n) is 11.8. The number of hydrogen-bond acceptors (Lipinski definition) is 12. The van der Waals surface area contributed by atoms with Crippen molar-refractivity contribution in [3.63, 3.8) is 0 Å². The molecular formula is C34H46O12. The molecule has 12 unspecified atom stereocenters. The zero-order valence-electron chi connectivity index (χ0n) is 27.3. The van der Waals surface area contributed by atoms with Gasteiger partial charge in [0.1, 0.15) is 17.8 Å². The van der Waals surface area contributed by atoms with Crippen LogP contribution in [-0.2, 0) is 38.1 Å². The van der Waals surface area contributed by atoms with Crippen LogP contribution in [0.2, 0.25) is 0 Å². The average molecular weight is 647 g/mol. The largest absolute Gasteiger partial charge is 0.472 e. The Balaban J connectivity index is 1.72. The van der Waals surface area contributed by atoms with Gasteiger partial charge in [-0.05, 0) is 37.0 Å². The number of carbonyl (C=O) groups excluding carboxylic acids is 4. The lowest BCUT2D eigenvalue weighted by molar-refractivity contribution is -0.212. The SMILES string of the molecule is C=C1C2C(OC(CC(=O)OCC)C2(C)C2CC(=O)OC2(C)CO)C(OC(=O)C(O)C(C)CC)C2(C)C(c3ccoc3)CC(=O)C12O. The van der Waals surface area contributed by atoms with Crippen LogP contribution in [0.4, 0.5) is 0 Å². The van der Waals surface area contributed by atoms with Crippen LogP contribution in [-0.4, -0.2) is 87.8 Å². The van der Waals surface area contributed by atoms with Gasteiger partial charge in [-0.3, -0.25) is 14.4 Å². The van der Waals surface area contributed by atoms with E-state index in [2.05, 4.69) is 6.58 Å². The van der Waals surface area contributed by atoms with E-state index >= 15 is 0 Å². The number of ether oxygens (including phenoxy) is 4. The second-order valence-electron chi connectivity index (χ2n) is 14.1. The predicted molar refractivity (Wildman–Crippen MR) is 160 cm³/mol. The number of carbonyl (C=O) groups is 4. The molecule has 0 aromatic carbocycles. The van der Waals surface area contributed by atoms with Gasteiger partial charge in [-0.25, -0.2) is 4.79 Å². The summed E-state index contributed by atoms with van der Waals surface area (Å²) in [6.45, 7) is 14.1. The lowest BCUT2D eigenvalue weighted by Gasteiger charge is -2.57. The van der Waals surface area contributed by atoms with Crippen molar-refractivity contribution in [2.45, 2.75) is 109 Å². The van der Waals surface area contributed by atoms with Crippen molar-refractivity contribution in [1.82, 2.24) is 0 Å². The van der Waals surface area contributed by atoms with E-state index in [1.807, 2.05) is 6.92 Å². The van der Waals surface area contributed by atoms with Crippen LogP contribution < -0.4 is 0 Å². The van der Waals surface area contributed by atoms with Crippen molar-refractivity contribution in [3.05, 3.63) is 36.3 Å². The molecule has 1 aromatic rings. The second kappa shape index (κ2) is 11.9. The van der Waals surface area contributed by atoms with Gasteiger partial charge in [0.2, 0.25) is 0 Å². The number of rotatable bonds is 10. The first-order valence-electron chi connectivity index (χ1n) is 16.0. The molecule has 0 radical (unpaired) electrons. The quantitative estimate of drug-likeness (QED) is 0.193. The smallest absolute Gasteiger partial charge is 0.335 e. The monoisotopic (exact) mass is 646 g/mol. The fourth-order valence-electron chi connectivity index (χ4n) is 9.02. The topological polar surface area (TPSA) is 179 Å². The Kier molecular flexibility index (Phi) is 8.85. The minimum atomic E-state index is -2.26. The summed E-state index contributed by atoms with van der Waals surface area (Å²) >= 11 is 0. The van der Waals surface area contributed by atoms with Crippen molar-refractivity contribution in [2.75, 3.05) is 13.2 Å². The molecule has 4 fully saturated rings. The van der Waals surface area contributed by atoms with Gasteiger partial charge >= 0.3 is 17.9 Å². The molecule has 2 aliphatic carbocycles. The zero-order valence-corrected chi connectivity index (χ0v) is 27.3. The Hall–Kier alpha value is -3.06. The Bertz CT molecular complexity index is 1390. The van der Waals surface area contributed by atoms with E-state index in [-0.39, 0.29) is 31.4 Å². The molecule has 2 aliphatic heterocycles. The number of ketones is 1. The van der Waals surface area contributed by atoms with E-state index in [0.717, 1.165) is 0 Å².